The number of nitrogens with zero attached hydrogens (tertiary/aromatic N) is 2. The highest BCUT2D eigenvalue weighted by Gasteiger charge is 2.14. The smallest absolute Gasteiger partial charge is 0.168 e. The van der Waals surface area contributed by atoms with Crippen molar-refractivity contribution >= 4 is 0 Å². The fourth-order valence-electron chi connectivity index (χ4n) is 1.84. The minimum Gasteiger partial charge on any atom is -0.494 e. The van der Waals surface area contributed by atoms with Gasteiger partial charge in [0.05, 0.1) is 18.8 Å². The Morgan fingerprint density at radius 3 is 2.83 bits per heavy atom. The zero-order chi connectivity index (χ0) is 13.1. The molecule has 1 aromatic carbocycles. The Kier molecular flexibility index (Phi) is 3.62. The molecule has 0 saturated carbocycles. The van der Waals surface area contributed by atoms with Crippen molar-refractivity contribution < 1.29 is 9.13 Å². The van der Waals surface area contributed by atoms with E-state index in [0.29, 0.717) is 12.0 Å². The Hall–Kier alpha value is -1.88. The Balaban J connectivity index is 2.19. The summed E-state index contributed by atoms with van der Waals surface area (Å²) in [4.78, 5) is 0. The summed E-state index contributed by atoms with van der Waals surface area (Å²) >= 11 is 0. The van der Waals surface area contributed by atoms with Gasteiger partial charge >= 0.3 is 0 Å². The molecule has 1 heterocycles. The second-order valence-corrected chi connectivity index (χ2v) is 4.16. The van der Waals surface area contributed by atoms with E-state index in [4.69, 9.17) is 10.5 Å². The molecular weight excluding hydrogens is 233 g/mol. The van der Waals surface area contributed by atoms with Crippen LogP contribution in [-0.2, 0) is 13.5 Å². The summed E-state index contributed by atoms with van der Waals surface area (Å²) < 4.78 is 20.6. The van der Waals surface area contributed by atoms with Gasteiger partial charge in [-0.25, -0.2) is 4.39 Å². The van der Waals surface area contributed by atoms with Crippen LogP contribution in [0.4, 0.5) is 4.39 Å². The van der Waals surface area contributed by atoms with Crippen LogP contribution in [0.3, 0.4) is 0 Å². The van der Waals surface area contributed by atoms with Crippen LogP contribution < -0.4 is 10.5 Å². The summed E-state index contributed by atoms with van der Waals surface area (Å²) in [6.45, 7) is 0. The summed E-state index contributed by atoms with van der Waals surface area (Å²) in [5.41, 5.74) is 7.30. The molecule has 1 unspecified atom stereocenters. The summed E-state index contributed by atoms with van der Waals surface area (Å²) in [6.07, 6.45) is 2.21. The Bertz CT molecular complexity index is 539. The summed E-state index contributed by atoms with van der Waals surface area (Å²) in [6, 6.07) is 6.56. The van der Waals surface area contributed by atoms with Crippen molar-refractivity contribution in [2.75, 3.05) is 7.11 Å². The number of hydrogen-bond donors (Lipinski definition) is 1. The van der Waals surface area contributed by atoms with E-state index < -0.39 is 0 Å². The summed E-state index contributed by atoms with van der Waals surface area (Å²) in [5, 5.41) is 4.22. The molecule has 1 aromatic heterocycles. The quantitative estimate of drug-likeness (QED) is 0.899. The standard InChI is InChI=1S/C13H16FN3O/c1-17-7-6-11(16-17)10(15)8-9-4-3-5-12(18-2)13(9)14/h3-7,10H,8,15H2,1-2H3. The van der Waals surface area contributed by atoms with Gasteiger partial charge in [0.25, 0.3) is 0 Å². The van der Waals surface area contributed by atoms with E-state index >= 15 is 0 Å². The van der Waals surface area contributed by atoms with Crippen LogP contribution in [0.25, 0.3) is 0 Å². The van der Waals surface area contributed by atoms with Crippen LogP contribution in [0, 0.1) is 5.82 Å². The van der Waals surface area contributed by atoms with E-state index in [1.54, 1.807) is 22.9 Å². The lowest BCUT2D eigenvalue weighted by molar-refractivity contribution is 0.383. The van der Waals surface area contributed by atoms with Gasteiger partial charge in [-0.05, 0) is 24.1 Å². The number of rotatable bonds is 4. The van der Waals surface area contributed by atoms with E-state index in [1.807, 2.05) is 19.3 Å². The second kappa shape index (κ2) is 5.18. The first-order valence-corrected chi connectivity index (χ1v) is 5.68. The zero-order valence-corrected chi connectivity index (χ0v) is 10.4. The molecule has 0 fully saturated rings. The van der Waals surface area contributed by atoms with Crippen molar-refractivity contribution in [2.24, 2.45) is 12.8 Å². The van der Waals surface area contributed by atoms with Crippen molar-refractivity contribution in [1.82, 2.24) is 9.78 Å². The third-order valence-corrected chi connectivity index (χ3v) is 2.82. The number of nitrogens with two attached hydrogens (primary N) is 1. The Morgan fingerprint density at radius 2 is 2.22 bits per heavy atom. The molecule has 0 aliphatic heterocycles. The van der Waals surface area contributed by atoms with Crippen molar-refractivity contribution in [1.29, 1.82) is 0 Å². The summed E-state index contributed by atoms with van der Waals surface area (Å²) in [5.74, 6) is -0.118. The SMILES string of the molecule is COc1cccc(CC(N)c2ccn(C)n2)c1F. The molecule has 2 rings (SSSR count). The van der Waals surface area contributed by atoms with Crippen molar-refractivity contribution in [2.45, 2.75) is 12.5 Å². The first-order valence-electron chi connectivity index (χ1n) is 5.68. The zero-order valence-electron chi connectivity index (χ0n) is 10.4. The molecule has 1 atom stereocenters. The maximum Gasteiger partial charge on any atom is 0.168 e. The van der Waals surface area contributed by atoms with Gasteiger partial charge in [-0.1, -0.05) is 12.1 Å². The Morgan fingerprint density at radius 1 is 1.44 bits per heavy atom. The average molecular weight is 249 g/mol. The first-order chi connectivity index (χ1) is 8.61. The molecule has 5 heteroatoms. The predicted molar refractivity (Wildman–Crippen MR) is 66.8 cm³/mol. The molecule has 2 aromatic rings. The van der Waals surface area contributed by atoms with Crippen LogP contribution in [0.1, 0.15) is 17.3 Å². The number of benzene rings is 1. The lowest BCUT2D eigenvalue weighted by Crippen LogP contribution is -2.15. The molecule has 0 amide bonds. The second-order valence-electron chi connectivity index (χ2n) is 4.16. The van der Waals surface area contributed by atoms with Crippen molar-refractivity contribution in [3.63, 3.8) is 0 Å². The number of ether oxygens (including phenoxy) is 1. The van der Waals surface area contributed by atoms with Crippen LogP contribution in [0.2, 0.25) is 0 Å². The largest absolute Gasteiger partial charge is 0.494 e. The van der Waals surface area contributed by atoms with E-state index in [0.717, 1.165) is 5.69 Å². The van der Waals surface area contributed by atoms with E-state index in [-0.39, 0.29) is 17.6 Å². The third kappa shape index (κ3) is 2.51. The van der Waals surface area contributed by atoms with Gasteiger partial charge in [0.2, 0.25) is 0 Å². The minimum atomic E-state index is -0.355. The van der Waals surface area contributed by atoms with Crippen LogP contribution in [0.5, 0.6) is 5.75 Å². The van der Waals surface area contributed by atoms with Crippen molar-refractivity contribution in [3.05, 3.63) is 47.5 Å². The maximum absolute atomic E-state index is 13.9. The Labute approximate surface area is 105 Å². The number of halogens is 1. The third-order valence-electron chi connectivity index (χ3n) is 2.82. The molecule has 2 N–H and O–H groups in total. The first kappa shape index (κ1) is 12.6. The van der Waals surface area contributed by atoms with Gasteiger partial charge in [0.15, 0.2) is 11.6 Å². The highest BCUT2D eigenvalue weighted by Crippen LogP contribution is 2.23. The van der Waals surface area contributed by atoms with Gasteiger partial charge in [-0.15, -0.1) is 0 Å². The maximum atomic E-state index is 13.9. The molecule has 4 nitrogen and oxygen atoms in total. The molecule has 18 heavy (non-hydrogen) atoms. The molecule has 0 bridgehead atoms. The molecule has 0 saturated heterocycles. The lowest BCUT2D eigenvalue weighted by Gasteiger charge is -2.11. The molecule has 0 aliphatic carbocycles. The average Bonchev–Trinajstić information content (AvgIpc) is 2.78. The van der Waals surface area contributed by atoms with Crippen LogP contribution in [0.15, 0.2) is 30.5 Å². The topological polar surface area (TPSA) is 53.1 Å². The number of methoxy groups -OCH3 is 1. The van der Waals surface area contributed by atoms with E-state index in [9.17, 15) is 4.39 Å². The molecule has 0 radical (unpaired) electrons. The number of aryl methyl sites for hydroxylation is 1. The number of aromatic nitrogens is 2. The van der Waals surface area contributed by atoms with Gasteiger partial charge in [0, 0.05) is 13.2 Å². The van der Waals surface area contributed by atoms with Crippen LogP contribution >= 0.6 is 0 Å². The molecule has 0 spiro atoms. The summed E-state index contributed by atoms with van der Waals surface area (Å²) in [7, 11) is 3.27. The predicted octanol–water partition coefficient (Wildman–Crippen LogP) is 1.81. The highest BCUT2D eigenvalue weighted by atomic mass is 19.1. The van der Waals surface area contributed by atoms with E-state index in [2.05, 4.69) is 5.10 Å². The van der Waals surface area contributed by atoms with Gasteiger partial charge in [-0.2, -0.15) is 5.10 Å². The minimum absolute atomic E-state index is 0.237. The monoisotopic (exact) mass is 249 g/mol. The van der Waals surface area contributed by atoms with E-state index in [1.165, 1.54) is 7.11 Å². The molecule has 0 aliphatic rings. The van der Waals surface area contributed by atoms with Gasteiger partial charge < -0.3 is 10.5 Å². The lowest BCUT2D eigenvalue weighted by atomic mass is 10.0. The number of hydrogen-bond acceptors (Lipinski definition) is 3. The van der Waals surface area contributed by atoms with Crippen LogP contribution in [-0.4, -0.2) is 16.9 Å². The van der Waals surface area contributed by atoms with Gasteiger partial charge in [-0.3, -0.25) is 4.68 Å². The van der Waals surface area contributed by atoms with Gasteiger partial charge in [0.1, 0.15) is 0 Å². The highest BCUT2D eigenvalue weighted by molar-refractivity contribution is 5.32. The fraction of sp³-hybridized carbons (Fsp3) is 0.308. The molecule has 96 valence electrons. The normalized spacial score (nSPS) is 12.4. The molecular formula is C13H16FN3O. The fourth-order valence-corrected chi connectivity index (χ4v) is 1.84. The van der Waals surface area contributed by atoms with Crippen molar-refractivity contribution in [3.8, 4) is 5.75 Å².